The predicted octanol–water partition coefficient (Wildman–Crippen LogP) is 1.69. The summed E-state index contributed by atoms with van der Waals surface area (Å²) in [6.45, 7) is 5.67. The van der Waals surface area contributed by atoms with E-state index < -0.39 is 17.7 Å². The van der Waals surface area contributed by atoms with Crippen LogP contribution in [0.2, 0.25) is 0 Å². The highest BCUT2D eigenvalue weighted by molar-refractivity contribution is 5.75. The number of carbonyl (C=O) groups excluding carboxylic acids is 2. The number of rotatable bonds is 5. The van der Waals surface area contributed by atoms with Gasteiger partial charge in [-0.2, -0.15) is 0 Å². The lowest BCUT2D eigenvalue weighted by Gasteiger charge is -2.19. The van der Waals surface area contributed by atoms with Crippen molar-refractivity contribution in [1.82, 2.24) is 20.5 Å². The summed E-state index contributed by atoms with van der Waals surface area (Å²) < 4.78 is 5.09. The van der Waals surface area contributed by atoms with E-state index in [0.717, 1.165) is 4.85 Å². The fourth-order valence-corrected chi connectivity index (χ4v) is 1.79. The number of para-hydroxylation sites is 1. The summed E-state index contributed by atoms with van der Waals surface area (Å²) in [6, 6.07) is 7.16. The maximum Gasteiger partial charge on any atom is 0.407 e. The van der Waals surface area contributed by atoms with Gasteiger partial charge in [-0.15, -0.1) is 5.10 Å². The third kappa shape index (κ3) is 5.24. The van der Waals surface area contributed by atoms with Crippen LogP contribution in [0, 0.1) is 0 Å². The summed E-state index contributed by atoms with van der Waals surface area (Å²) in [6.07, 6.45) is 0.0717. The zero-order valence-electron chi connectivity index (χ0n) is 13.4. The van der Waals surface area contributed by atoms with E-state index in [0.29, 0.717) is 24.0 Å². The van der Waals surface area contributed by atoms with Crippen LogP contribution in [0.15, 0.2) is 24.3 Å². The average molecular weight is 320 g/mol. The SMILES string of the molecule is CC(C)(C)OC(=O)NCCCC(=O)On1nnc2ccccc21. The lowest BCUT2D eigenvalue weighted by molar-refractivity contribution is -0.145. The number of nitrogens with zero attached hydrogens (tertiary/aromatic N) is 3. The van der Waals surface area contributed by atoms with E-state index in [-0.39, 0.29) is 6.42 Å². The normalized spacial score (nSPS) is 11.3. The molecule has 23 heavy (non-hydrogen) atoms. The van der Waals surface area contributed by atoms with Crippen LogP contribution >= 0.6 is 0 Å². The molecule has 8 heteroatoms. The Hall–Kier alpha value is -2.64. The zero-order valence-corrected chi connectivity index (χ0v) is 13.4. The highest BCUT2D eigenvalue weighted by Crippen LogP contribution is 2.08. The first-order valence-electron chi connectivity index (χ1n) is 7.33. The minimum Gasteiger partial charge on any atom is -0.444 e. The van der Waals surface area contributed by atoms with Crippen LogP contribution < -0.4 is 10.2 Å². The Kier molecular flexibility index (Phi) is 5.15. The fraction of sp³-hybridized carbons (Fsp3) is 0.467. The molecule has 0 aliphatic heterocycles. The van der Waals surface area contributed by atoms with Crippen molar-refractivity contribution in [2.24, 2.45) is 0 Å². The van der Waals surface area contributed by atoms with E-state index >= 15 is 0 Å². The molecule has 0 saturated heterocycles. The Morgan fingerprint density at radius 3 is 2.74 bits per heavy atom. The van der Waals surface area contributed by atoms with Crippen molar-refractivity contribution in [3.05, 3.63) is 24.3 Å². The third-order valence-electron chi connectivity index (χ3n) is 2.74. The van der Waals surface area contributed by atoms with Crippen LogP contribution in [-0.2, 0) is 9.53 Å². The lowest BCUT2D eigenvalue weighted by atomic mass is 10.2. The molecular formula is C15H20N4O4. The Balaban J connectivity index is 1.73. The second-order valence-corrected chi connectivity index (χ2v) is 5.95. The fourth-order valence-electron chi connectivity index (χ4n) is 1.79. The number of benzene rings is 1. The highest BCUT2D eigenvalue weighted by Gasteiger charge is 2.16. The molecule has 0 saturated carbocycles. The van der Waals surface area contributed by atoms with Crippen LogP contribution in [0.25, 0.3) is 11.0 Å². The van der Waals surface area contributed by atoms with Gasteiger partial charge in [-0.3, -0.25) is 0 Å². The summed E-state index contributed by atoms with van der Waals surface area (Å²) in [4.78, 5) is 29.4. The molecule has 0 aliphatic carbocycles. The minimum absolute atomic E-state index is 0.143. The summed E-state index contributed by atoms with van der Waals surface area (Å²) >= 11 is 0. The number of carbonyl (C=O) groups is 2. The number of nitrogens with one attached hydrogen (secondary N) is 1. The van der Waals surface area contributed by atoms with E-state index in [1.807, 2.05) is 6.07 Å². The van der Waals surface area contributed by atoms with Crippen LogP contribution in [0.1, 0.15) is 33.6 Å². The quantitative estimate of drug-likeness (QED) is 0.665. The molecule has 0 fully saturated rings. The standard InChI is InChI=1S/C15H20N4O4/c1-15(2,3)22-14(21)16-10-6-9-13(20)23-19-12-8-5-4-7-11(12)17-18-19/h4-5,7-8H,6,9-10H2,1-3H3,(H,16,21). The molecule has 0 unspecified atom stereocenters. The Labute approximate surface area is 133 Å². The Morgan fingerprint density at radius 2 is 2.00 bits per heavy atom. The van der Waals surface area contributed by atoms with Crippen LogP contribution in [0.4, 0.5) is 4.79 Å². The summed E-state index contributed by atoms with van der Waals surface area (Å²) in [7, 11) is 0. The van der Waals surface area contributed by atoms with Crippen molar-refractivity contribution in [2.75, 3.05) is 6.54 Å². The molecule has 8 nitrogen and oxygen atoms in total. The Morgan fingerprint density at radius 1 is 1.26 bits per heavy atom. The predicted molar refractivity (Wildman–Crippen MR) is 82.6 cm³/mol. The molecule has 2 rings (SSSR count). The summed E-state index contributed by atoms with van der Waals surface area (Å²) in [5, 5.41) is 10.2. The van der Waals surface area contributed by atoms with Crippen LogP contribution in [0.5, 0.6) is 0 Å². The lowest BCUT2D eigenvalue weighted by Crippen LogP contribution is -2.33. The largest absolute Gasteiger partial charge is 0.444 e. The summed E-state index contributed by atoms with van der Waals surface area (Å²) in [5.41, 5.74) is 0.719. The van der Waals surface area contributed by atoms with E-state index in [2.05, 4.69) is 15.6 Å². The van der Waals surface area contributed by atoms with Crippen molar-refractivity contribution in [3.63, 3.8) is 0 Å². The average Bonchev–Trinajstić information content (AvgIpc) is 2.85. The number of hydrogen-bond donors (Lipinski definition) is 1. The number of aromatic nitrogens is 3. The van der Waals surface area contributed by atoms with Crippen molar-refractivity contribution < 1.29 is 19.2 Å². The van der Waals surface area contributed by atoms with Gasteiger partial charge >= 0.3 is 12.1 Å². The van der Waals surface area contributed by atoms with Gasteiger partial charge in [0.15, 0.2) is 0 Å². The Bertz CT molecular complexity index is 690. The van der Waals surface area contributed by atoms with Crippen LogP contribution in [0.3, 0.4) is 0 Å². The third-order valence-corrected chi connectivity index (χ3v) is 2.74. The van der Waals surface area contributed by atoms with E-state index in [9.17, 15) is 9.59 Å². The van der Waals surface area contributed by atoms with Gasteiger partial charge in [0.25, 0.3) is 0 Å². The molecule has 1 heterocycles. The monoisotopic (exact) mass is 320 g/mol. The van der Waals surface area contributed by atoms with E-state index in [1.165, 1.54) is 0 Å². The maximum atomic E-state index is 11.8. The van der Waals surface area contributed by atoms with Gasteiger partial charge in [0.2, 0.25) is 0 Å². The first-order chi connectivity index (χ1) is 10.8. The molecule has 0 radical (unpaired) electrons. The van der Waals surface area contributed by atoms with Crippen LogP contribution in [-0.4, -0.2) is 39.4 Å². The minimum atomic E-state index is -0.544. The van der Waals surface area contributed by atoms with E-state index in [1.54, 1.807) is 39.0 Å². The molecule has 1 aromatic heterocycles. The first-order valence-corrected chi connectivity index (χ1v) is 7.33. The maximum absolute atomic E-state index is 11.8. The van der Waals surface area contributed by atoms with Gasteiger partial charge in [0, 0.05) is 13.0 Å². The van der Waals surface area contributed by atoms with Gasteiger partial charge in [-0.1, -0.05) is 17.0 Å². The molecular weight excluding hydrogens is 300 g/mol. The second-order valence-electron chi connectivity index (χ2n) is 5.95. The number of amides is 1. The second kappa shape index (κ2) is 7.08. The molecule has 1 aromatic carbocycles. The van der Waals surface area contributed by atoms with Crippen molar-refractivity contribution >= 4 is 23.1 Å². The summed E-state index contributed by atoms with van der Waals surface area (Å²) in [5.74, 6) is -0.452. The molecule has 0 spiro atoms. The molecule has 0 atom stereocenters. The number of fused-ring (bicyclic) bond motifs is 1. The van der Waals surface area contributed by atoms with Gasteiger partial charge < -0.3 is 14.9 Å². The highest BCUT2D eigenvalue weighted by atomic mass is 16.7. The van der Waals surface area contributed by atoms with Gasteiger partial charge in [0.05, 0.1) is 0 Å². The number of ether oxygens (including phenoxy) is 1. The van der Waals surface area contributed by atoms with Crippen molar-refractivity contribution in [1.29, 1.82) is 0 Å². The van der Waals surface area contributed by atoms with E-state index in [4.69, 9.17) is 9.57 Å². The zero-order chi connectivity index (χ0) is 16.9. The molecule has 0 bridgehead atoms. The van der Waals surface area contributed by atoms with Crippen molar-refractivity contribution in [3.8, 4) is 0 Å². The molecule has 2 aromatic rings. The molecule has 0 aliphatic rings. The topological polar surface area (TPSA) is 95.3 Å². The number of hydrogen-bond acceptors (Lipinski definition) is 6. The molecule has 1 amide bonds. The molecule has 124 valence electrons. The van der Waals surface area contributed by atoms with Crippen molar-refractivity contribution in [2.45, 2.75) is 39.2 Å². The van der Waals surface area contributed by atoms with Gasteiger partial charge in [-0.05, 0) is 44.5 Å². The number of alkyl carbamates (subject to hydrolysis) is 1. The van der Waals surface area contributed by atoms with Gasteiger partial charge in [0.1, 0.15) is 16.6 Å². The molecule has 1 N–H and O–H groups in total. The smallest absolute Gasteiger partial charge is 0.407 e. The first kappa shape index (κ1) is 16.7. The van der Waals surface area contributed by atoms with Gasteiger partial charge in [-0.25, -0.2) is 9.59 Å².